The number of imidazole rings is 1. The van der Waals surface area contributed by atoms with E-state index in [1.54, 1.807) is 13.3 Å². The fourth-order valence-corrected chi connectivity index (χ4v) is 3.16. The summed E-state index contributed by atoms with van der Waals surface area (Å²) in [6, 6.07) is 9.94. The summed E-state index contributed by atoms with van der Waals surface area (Å²) in [5.41, 5.74) is 3.70. The van der Waals surface area contributed by atoms with Crippen LogP contribution in [0.2, 0.25) is 0 Å². The first-order valence-electron chi connectivity index (χ1n) is 8.94. The molecule has 0 aliphatic rings. The van der Waals surface area contributed by atoms with E-state index in [-0.39, 0.29) is 0 Å². The zero-order chi connectivity index (χ0) is 18.6. The number of nitrogens with zero attached hydrogens (tertiary/aromatic N) is 5. The Labute approximate surface area is 157 Å². The van der Waals surface area contributed by atoms with Gasteiger partial charge in [-0.05, 0) is 19.4 Å². The highest BCUT2D eigenvalue weighted by atomic mass is 16.5. The highest BCUT2D eigenvalue weighted by molar-refractivity contribution is 5.82. The highest BCUT2D eigenvalue weighted by Crippen LogP contribution is 2.32. The normalized spacial score (nSPS) is 11.0. The lowest BCUT2D eigenvalue weighted by Crippen LogP contribution is -2.10. The molecule has 0 bridgehead atoms. The Morgan fingerprint density at radius 1 is 1.19 bits per heavy atom. The predicted molar refractivity (Wildman–Crippen MR) is 105 cm³/mol. The average Bonchev–Trinajstić information content (AvgIpc) is 3.34. The van der Waals surface area contributed by atoms with E-state index in [9.17, 15) is 0 Å². The molecule has 0 aliphatic heterocycles. The molecule has 0 unspecified atom stereocenters. The van der Waals surface area contributed by atoms with Crippen molar-refractivity contribution in [2.45, 2.75) is 19.9 Å². The smallest absolute Gasteiger partial charge is 0.165 e. The molecule has 3 heterocycles. The van der Waals surface area contributed by atoms with Crippen LogP contribution in [0.15, 0.2) is 55.2 Å². The van der Waals surface area contributed by atoms with Gasteiger partial charge in [0.15, 0.2) is 5.65 Å². The number of methoxy groups -OCH3 is 1. The van der Waals surface area contributed by atoms with Crippen LogP contribution in [0, 0.1) is 6.92 Å². The van der Waals surface area contributed by atoms with Crippen molar-refractivity contribution in [1.82, 2.24) is 24.1 Å². The second kappa shape index (κ2) is 7.49. The van der Waals surface area contributed by atoms with E-state index in [0.717, 1.165) is 53.5 Å². The molecular weight excluding hydrogens is 340 g/mol. The zero-order valence-corrected chi connectivity index (χ0v) is 15.5. The van der Waals surface area contributed by atoms with Crippen LogP contribution in [-0.4, -0.2) is 37.8 Å². The number of benzene rings is 1. The molecule has 0 atom stereocenters. The first kappa shape index (κ1) is 17.1. The summed E-state index contributed by atoms with van der Waals surface area (Å²) in [4.78, 5) is 8.78. The molecule has 0 saturated carbocycles. The SMILES string of the molecule is COc1ccccc1-c1cnn2c(NCCCn3ccnc3)cc(C)nc12. The Bertz CT molecular complexity index is 1040. The molecule has 7 heteroatoms. The number of anilines is 1. The minimum Gasteiger partial charge on any atom is -0.496 e. The van der Waals surface area contributed by atoms with Crippen molar-refractivity contribution in [1.29, 1.82) is 0 Å². The third kappa shape index (κ3) is 3.48. The Morgan fingerprint density at radius 2 is 2.07 bits per heavy atom. The minimum absolute atomic E-state index is 0.811. The van der Waals surface area contributed by atoms with Crippen LogP contribution in [0.5, 0.6) is 5.75 Å². The summed E-state index contributed by atoms with van der Waals surface area (Å²) in [5.74, 6) is 1.75. The van der Waals surface area contributed by atoms with Crippen LogP contribution in [-0.2, 0) is 6.54 Å². The van der Waals surface area contributed by atoms with Gasteiger partial charge in [-0.1, -0.05) is 18.2 Å². The molecule has 0 fully saturated rings. The molecule has 1 N–H and O–H groups in total. The van der Waals surface area contributed by atoms with Crippen molar-refractivity contribution in [2.24, 2.45) is 0 Å². The van der Waals surface area contributed by atoms with Gasteiger partial charge in [0, 0.05) is 42.8 Å². The van der Waals surface area contributed by atoms with Crippen LogP contribution in [0.4, 0.5) is 5.82 Å². The van der Waals surface area contributed by atoms with E-state index in [4.69, 9.17) is 9.72 Å². The summed E-state index contributed by atoms with van der Waals surface area (Å²) in [7, 11) is 1.68. The predicted octanol–water partition coefficient (Wildman–Crippen LogP) is 3.41. The topological polar surface area (TPSA) is 69.3 Å². The fraction of sp³-hybridized carbons (Fsp3) is 0.250. The monoisotopic (exact) mass is 362 g/mol. The molecular formula is C20H22N6O. The quantitative estimate of drug-likeness (QED) is 0.510. The number of fused-ring (bicyclic) bond motifs is 1. The largest absolute Gasteiger partial charge is 0.496 e. The van der Waals surface area contributed by atoms with E-state index in [2.05, 4.69) is 20.0 Å². The number of aromatic nitrogens is 5. The fourth-order valence-electron chi connectivity index (χ4n) is 3.16. The lowest BCUT2D eigenvalue weighted by atomic mass is 10.1. The molecule has 0 amide bonds. The van der Waals surface area contributed by atoms with Gasteiger partial charge in [-0.25, -0.2) is 9.97 Å². The summed E-state index contributed by atoms with van der Waals surface area (Å²) in [5, 5.41) is 8.04. The summed E-state index contributed by atoms with van der Waals surface area (Å²) in [6.07, 6.45) is 8.44. The lowest BCUT2D eigenvalue weighted by Gasteiger charge is -2.11. The molecule has 0 spiro atoms. The standard InChI is InChI=1S/C20H22N6O/c1-15-12-19(22-8-5-10-25-11-9-21-14-25)26-20(24-15)17(13-23-26)16-6-3-4-7-18(16)27-2/h3-4,6-7,9,11-14,22H,5,8,10H2,1-2H3. The van der Waals surface area contributed by atoms with Crippen LogP contribution in [0.25, 0.3) is 16.8 Å². The van der Waals surface area contributed by atoms with Crippen molar-refractivity contribution in [3.05, 3.63) is 60.9 Å². The number of hydrogen-bond acceptors (Lipinski definition) is 5. The summed E-state index contributed by atoms with van der Waals surface area (Å²) < 4.78 is 9.43. The first-order valence-corrected chi connectivity index (χ1v) is 8.94. The lowest BCUT2D eigenvalue weighted by molar-refractivity contribution is 0.416. The number of aryl methyl sites for hydroxylation is 2. The van der Waals surface area contributed by atoms with Gasteiger partial charge in [0.25, 0.3) is 0 Å². The summed E-state index contributed by atoms with van der Waals surface area (Å²) >= 11 is 0. The number of rotatable bonds is 7. The molecule has 27 heavy (non-hydrogen) atoms. The maximum atomic E-state index is 5.51. The maximum absolute atomic E-state index is 5.51. The van der Waals surface area contributed by atoms with Gasteiger partial charge in [0.1, 0.15) is 11.6 Å². The average molecular weight is 362 g/mol. The van der Waals surface area contributed by atoms with Crippen LogP contribution in [0.3, 0.4) is 0 Å². The second-order valence-corrected chi connectivity index (χ2v) is 6.36. The van der Waals surface area contributed by atoms with Gasteiger partial charge in [0.05, 0.1) is 25.2 Å². The Kier molecular flexibility index (Phi) is 4.74. The number of nitrogens with one attached hydrogen (secondary N) is 1. The molecule has 138 valence electrons. The van der Waals surface area contributed by atoms with Crippen molar-refractivity contribution >= 4 is 11.5 Å². The third-order valence-corrected chi connectivity index (χ3v) is 4.46. The van der Waals surface area contributed by atoms with Crippen molar-refractivity contribution in [3.63, 3.8) is 0 Å². The minimum atomic E-state index is 0.811. The van der Waals surface area contributed by atoms with Crippen molar-refractivity contribution < 1.29 is 4.74 Å². The second-order valence-electron chi connectivity index (χ2n) is 6.36. The number of hydrogen-bond donors (Lipinski definition) is 1. The van der Waals surface area contributed by atoms with Gasteiger partial charge >= 0.3 is 0 Å². The van der Waals surface area contributed by atoms with Gasteiger partial charge in [0.2, 0.25) is 0 Å². The zero-order valence-electron chi connectivity index (χ0n) is 15.5. The van der Waals surface area contributed by atoms with Crippen LogP contribution in [0.1, 0.15) is 12.1 Å². The molecule has 0 saturated heterocycles. The highest BCUT2D eigenvalue weighted by Gasteiger charge is 2.14. The molecule has 7 nitrogen and oxygen atoms in total. The van der Waals surface area contributed by atoms with Crippen LogP contribution < -0.4 is 10.1 Å². The maximum Gasteiger partial charge on any atom is 0.165 e. The number of ether oxygens (including phenoxy) is 1. The molecule has 3 aromatic heterocycles. The molecule has 4 aromatic rings. The molecule has 0 radical (unpaired) electrons. The molecule has 0 aliphatic carbocycles. The van der Waals surface area contributed by atoms with Crippen LogP contribution >= 0.6 is 0 Å². The van der Waals surface area contributed by atoms with Crippen molar-refractivity contribution in [2.75, 3.05) is 19.0 Å². The van der Waals surface area contributed by atoms with E-state index < -0.39 is 0 Å². The number of para-hydroxylation sites is 1. The Hall–Kier alpha value is -3.35. The molecule has 4 rings (SSSR count). The van der Waals surface area contributed by atoms with Gasteiger partial charge in [-0.3, -0.25) is 0 Å². The van der Waals surface area contributed by atoms with Gasteiger partial charge in [-0.15, -0.1) is 0 Å². The van der Waals surface area contributed by atoms with E-state index in [1.165, 1.54) is 0 Å². The van der Waals surface area contributed by atoms with Gasteiger partial charge < -0.3 is 14.6 Å². The Balaban J connectivity index is 1.60. The Morgan fingerprint density at radius 3 is 2.89 bits per heavy atom. The van der Waals surface area contributed by atoms with Gasteiger partial charge in [-0.2, -0.15) is 9.61 Å². The van der Waals surface area contributed by atoms with E-state index >= 15 is 0 Å². The molecule has 1 aromatic carbocycles. The third-order valence-electron chi connectivity index (χ3n) is 4.46. The van der Waals surface area contributed by atoms with Crippen molar-refractivity contribution in [3.8, 4) is 16.9 Å². The van der Waals surface area contributed by atoms with E-state index in [0.29, 0.717) is 0 Å². The first-order chi connectivity index (χ1) is 13.3. The van der Waals surface area contributed by atoms with E-state index in [1.807, 2.05) is 60.5 Å². The summed E-state index contributed by atoms with van der Waals surface area (Å²) in [6.45, 7) is 3.75.